The summed E-state index contributed by atoms with van der Waals surface area (Å²) in [6.07, 6.45) is 0.265. The number of likely N-dealkylation sites (N-methyl/N-ethyl adjacent to an activating group) is 1. The maximum Gasteiger partial charge on any atom is 0.264 e. The molecule has 0 saturated heterocycles. The van der Waals surface area contributed by atoms with Gasteiger partial charge in [-0.3, -0.25) is 13.9 Å². The SMILES string of the molecule is CCNC(=O)[C@@H](Cc1ccccc1)N(Cc1cccc(Br)c1)C(=O)CN(c1cccc(C)c1)S(=O)(=O)c1ccc(C)cc1. The zero-order valence-electron chi connectivity index (χ0n) is 24.5. The van der Waals surface area contributed by atoms with Crippen molar-refractivity contribution in [2.24, 2.45) is 0 Å². The quantitative estimate of drug-likeness (QED) is 0.201. The van der Waals surface area contributed by atoms with E-state index in [2.05, 4.69) is 21.2 Å². The van der Waals surface area contributed by atoms with Crippen LogP contribution in [0, 0.1) is 13.8 Å². The van der Waals surface area contributed by atoms with Crippen LogP contribution in [0.3, 0.4) is 0 Å². The van der Waals surface area contributed by atoms with E-state index in [4.69, 9.17) is 0 Å². The van der Waals surface area contributed by atoms with Gasteiger partial charge in [-0.05, 0) is 73.9 Å². The molecular weight excluding hydrogens is 626 g/mol. The van der Waals surface area contributed by atoms with Gasteiger partial charge in [0, 0.05) is 24.0 Å². The number of carbonyl (C=O) groups is 2. The van der Waals surface area contributed by atoms with Crippen LogP contribution in [-0.2, 0) is 32.6 Å². The van der Waals surface area contributed by atoms with E-state index in [0.717, 1.165) is 31.0 Å². The van der Waals surface area contributed by atoms with Crippen molar-refractivity contribution in [2.45, 2.75) is 44.7 Å². The summed E-state index contributed by atoms with van der Waals surface area (Å²) < 4.78 is 30.1. The van der Waals surface area contributed by atoms with Crippen LogP contribution in [-0.4, -0.2) is 44.3 Å². The summed E-state index contributed by atoms with van der Waals surface area (Å²) in [6, 6.07) is 29.7. The minimum atomic E-state index is -4.13. The summed E-state index contributed by atoms with van der Waals surface area (Å²) in [4.78, 5) is 29.5. The molecule has 0 saturated carbocycles. The average molecular weight is 663 g/mol. The van der Waals surface area contributed by atoms with Crippen LogP contribution in [0.5, 0.6) is 0 Å². The summed E-state index contributed by atoms with van der Waals surface area (Å²) in [7, 11) is -4.13. The van der Waals surface area contributed by atoms with E-state index < -0.39 is 28.5 Å². The molecule has 1 atom stereocenters. The summed E-state index contributed by atoms with van der Waals surface area (Å²) >= 11 is 3.50. The van der Waals surface area contributed by atoms with Crippen LogP contribution < -0.4 is 9.62 Å². The van der Waals surface area contributed by atoms with Crippen molar-refractivity contribution in [2.75, 3.05) is 17.4 Å². The summed E-state index contributed by atoms with van der Waals surface area (Å²) in [5, 5.41) is 2.88. The van der Waals surface area contributed by atoms with Crippen molar-refractivity contribution in [3.05, 3.63) is 130 Å². The van der Waals surface area contributed by atoms with Crippen LogP contribution in [0.4, 0.5) is 5.69 Å². The molecule has 0 aliphatic rings. The Kier molecular flexibility index (Phi) is 10.8. The van der Waals surface area contributed by atoms with Gasteiger partial charge in [0.1, 0.15) is 12.6 Å². The largest absolute Gasteiger partial charge is 0.355 e. The van der Waals surface area contributed by atoms with E-state index in [9.17, 15) is 18.0 Å². The van der Waals surface area contributed by atoms with E-state index in [0.29, 0.717) is 12.2 Å². The lowest BCUT2D eigenvalue weighted by molar-refractivity contribution is -0.140. The molecule has 4 aromatic rings. The summed E-state index contributed by atoms with van der Waals surface area (Å²) in [5.41, 5.74) is 3.82. The van der Waals surface area contributed by atoms with Gasteiger partial charge in [0.2, 0.25) is 11.8 Å². The summed E-state index contributed by atoms with van der Waals surface area (Å²) in [6.45, 7) is 5.59. The molecule has 2 amide bonds. The lowest BCUT2D eigenvalue weighted by atomic mass is 10.0. The molecule has 224 valence electrons. The molecule has 0 heterocycles. The molecule has 0 bridgehead atoms. The zero-order chi connectivity index (χ0) is 31.0. The van der Waals surface area contributed by atoms with E-state index in [-0.39, 0.29) is 23.8 Å². The number of carbonyl (C=O) groups excluding carboxylic acids is 2. The predicted molar refractivity (Wildman–Crippen MR) is 174 cm³/mol. The van der Waals surface area contributed by atoms with Crippen molar-refractivity contribution in [3.8, 4) is 0 Å². The topological polar surface area (TPSA) is 86.8 Å². The van der Waals surface area contributed by atoms with Crippen molar-refractivity contribution in [1.29, 1.82) is 0 Å². The van der Waals surface area contributed by atoms with Gasteiger partial charge in [-0.25, -0.2) is 8.42 Å². The maximum atomic E-state index is 14.4. The molecular formula is C34H36BrN3O4S. The Labute approximate surface area is 262 Å². The third kappa shape index (κ3) is 8.33. The maximum absolute atomic E-state index is 14.4. The molecule has 43 heavy (non-hydrogen) atoms. The standard InChI is InChI=1S/C34H36BrN3O4S/c1-4-36-34(40)32(22-27-11-6-5-7-12-27)37(23-28-13-9-14-29(35)21-28)33(39)24-38(30-15-8-10-26(3)20-30)43(41,42)31-18-16-25(2)17-19-31/h5-21,32H,4,22-24H2,1-3H3,(H,36,40)/t32-/m1/s1. The molecule has 9 heteroatoms. The Balaban J connectivity index is 1.80. The Morgan fingerprint density at radius 1 is 0.814 bits per heavy atom. The highest BCUT2D eigenvalue weighted by Crippen LogP contribution is 2.26. The number of sulfonamides is 1. The number of halogens is 1. The van der Waals surface area contributed by atoms with Crippen LogP contribution in [0.15, 0.2) is 112 Å². The lowest BCUT2D eigenvalue weighted by Gasteiger charge is -2.34. The molecule has 1 N–H and O–H groups in total. The second-order valence-corrected chi connectivity index (χ2v) is 13.2. The van der Waals surface area contributed by atoms with Gasteiger partial charge in [-0.15, -0.1) is 0 Å². The Bertz CT molecular complexity index is 1660. The second-order valence-electron chi connectivity index (χ2n) is 10.4. The van der Waals surface area contributed by atoms with Crippen LogP contribution >= 0.6 is 15.9 Å². The van der Waals surface area contributed by atoms with Crippen LogP contribution in [0.1, 0.15) is 29.2 Å². The fourth-order valence-electron chi connectivity index (χ4n) is 4.83. The first-order valence-corrected chi connectivity index (χ1v) is 16.3. The van der Waals surface area contributed by atoms with E-state index in [1.54, 1.807) is 42.5 Å². The van der Waals surface area contributed by atoms with Gasteiger partial charge < -0.3 is 10.2 Å². The van der Waals surface area contributed by atoms with Crippen LogP contribution in [0.25, 0.3) is 0 Å². The highest BCUT2D eigenvalue weighted by molar-refractivity contribution is 9.10. The lowest BCUT2D eigenvalue weighted by Crippen LogP contribution is -2.53. The van der Waals surface area contributed by atoms with E-state index >= 15 is 0 Å². The van der Waals surface area contributed by atoms with E-state index in [1.807, 2.05) is 81.4 Å². The molecule has 0 aliphatic heterocycles. The van der Waals surface area contributed by atoms with Gasteiger partial charge in [-0.2, -0.15) is 0 Å². The smallest absolute Gasteiger partial charge is 0.264 e. The number of anilines is 1. The molecule has 4 rings (SSSR count). The number of benzene rings is 4. The Morgan fingerprint density at radius 2 is 1.49 bits per heavy atom. The second kappa shape index (κ2) is 14.5. The summed E-state index contributed by atoms with van der Waals surface area (Å²) in [5.74, 6) is -0.803. The highest BCUT2D eigenvalue weighted by Gasteiger charge is 2.34. The van der Waals surface area contributed by atoms with Crippen molar-refractivity contribution in [3.63, 3.8) is 0 Å². The van der Waals surface area contributed by atoms with Gasteiger partial charge in [0.15, 0.2) is 0 Å². The van der Waals surface area contributed by atoms with Gasteiger partial charge in [0.25, 0.3) is 10.0 Å². The third-order valence-corrected chi connectivity index (χ3v) is 9.32. The molecule has 0 aromatic heterocycles. The van der Waals surface area contributed by atoms with Gasteiger partial charge in [-0.1, -0.05) is 88.2 Å². The highest BCUT2D eigenvalue weighted by atomic mass is 79.9. The average Bonchev–Trinajstić information content (AvgIpc) is 2.98. The van der Waals surface area contributed by atoms with Crippen LogP contribution in [0.2, 0.25) is 0 Å². The third-order valence-electron chi connectivity index (χ3n) is 7.04. The molecule has 0 aliphatic carbocycles. The van der Waals surface area contributed by atoms with Crippen molar-refractivity contribution < 1.29 is 18.0 Å². The fraction of sp³-hybridized carbons (Fsp3) is 0.235. The molecule has 0 fully saturated rings. The Hall–Kier alpha value is -3.95. The monoisotopic (exact) mass is 661 g/mol. The minimum Gasteiger partial charge on any atom is -0.355 e. The number of amides is 2. The molecule has 7 nitrogen and oxygen atoms in total. The number of hydrogen-bond acceptors (Lipinski definition) is 4. The normalized spacial score (nSPS) is 11.9. The number of nitrogens with one attached hydrogen (secondary N) is 1. The molecule has 0 radical (unpaired) electrons. The first kappa shape index (κ1) is 32.0. The zero-order valence-corrected chi connectivity index (χ0v) is 26.9. The van der Waals surface area contributed by atoms with Crippen molar-refractivity contribution in [1.82, 2.24) is 10.2 Å². The molecule has 0 spiro atoms. The molecule has 0 unspecified atom stereocenters. The predicted octanol–water partition coefficient (Wildman–Crippen LogP) is 6.04. The number of aryl methyl sites for hydroxylation is 2. The van der Waals surface area contributed by atoms with Gasteiger partial charge >= 0.3 is 0 Å². The number of hydrogen-bond donors (Lipinski definition) is 1. The molecule has 4 aromatic carbocycles. The first-order chi connectivity index (χ1) is 20.6. The van der Waals surface area contributed by atoms with E-state index in [1.165, 1.54) is 4.90 Å². The van der Waals surface area contributed by atoms with Gasteiger partial charge in [0.05, 0.1) is 10.6 Å². The fourth-order valence-corrected chi connectivity index (χ4v) is 6.68. The Morgan fingerprint density at radius 3 is 2.14 bits per heavy atom. The number of rotatable bonds is 12. The first-order valence-electron chi connectivity index (χ1n) is 14.1. The minimum absolute atomic E-state index is 0.0792. The van der Waals surface area contributed by atoms with Crippen molar-refractivity contribution >= 4 is 43.5 Å². The number of nitrogens with zero attached hydrogens (tertiary/aromatic N) is 2.